The fourth-order valence-corrected chi connectivity index (χ4v) is 2.61. The summed E-state index contributed by atoms with van der Waals surface area (Å²) in [4.78, 5) is 4.57. The lowest BCUT2D eigenvalue weighted by atomic mass is 10.1. The van der Waals surface area contributed by atoms with Crippen LogP contribution < -0.4 is 9.64 Å². The summed E-state index contributed by atoms with van der Waals surface area (Å²) in [6.45, 7) is 6.81. The molecule has 0 aliphatic carbocycles. The number of likely N-dealkylation sites (N-methyl/N-ethyl adjacent to an activating group) is 1. The van der Waals surface area contributed by atoms with Gasteiger partial charge in [0.1, 0.15) is 5.75 Å². The van der Waals surface area contributed by atoms with Gasteiger partial charge < -0.3 is 14.7 Å². The number of anilines is 1. The van der Waals surface area contributed by atoms with E-state index in [-0.39, 0.29) is 12.6 Å². The second-order valence-corrected chi connectivity index (χ2v) is 5.18. The molecule has 1 aliphatic rings. The first-order chi connectivity index (χ1) is 9.17. The van der Waals surface area contributed by atoms with Gasteiger partial charge in [0.05, 0.1) is 24.9 Å². The van der Waals surface area contributed by atoms with Gasteiger partial charge in [0.25, 0.3) is 0 Å². The van der Waals surface area contributed by atoms with Crippen LogP contribution in [0.5, 0.6) is 5.75 Å². The summed E-state index contributed by atoms with van der Waals surface area (Å²) in [7, 11) is 2.11. The van der Waals surface area contributed by atoms with Crippen molar-refractivity contribution in [1.82, 2.24) is 4.90 Å². The number of hydrogen-bond acceptors (Lipinski definition) is 4. The first-order valence-corrected chi connectivity index (χ1v) is 6.97. The van der Waals surface area contributed by atoms with Gasteiger partial charge in [0.2, 0.25) is 0 Å². The molecule has 0 aromatic heterocycles. The van der Waals surface area contributed by atoms with Crippen molar-refractivity contribution in [3.05, 3.63) is 24.3 Å². The number of aliphatic hydroxyl groups excluding tert-OH is 1. The zero-order chi connectivity index (χ0) is 13.8. The SMILES string of the molecule is CCOc1ccccc1N1CC(C)N(C)CC1CO. The van der Waals surface area contributed by atoms with E-state index in [1.165, 1.54) is 0 Å². The molecule has 2 rings (SSSR count). The summed E-state index contributed by atoms with van der Waals surface area (Å²) >= 11 is 0. The molecular weight excluding hydrogens is 240 g/mol. The van der Waals surface area contributed by atoms with Gasteiger partial charge in [0, 0.05) is 19.1 Å². The van der Waals surface area contributed by atoms with Crippen LogP contribution >= 0.6 is 0 Å². The van der Waals surface area contributed by atoms with Crippen molar-refractivity contribution in [3.8, 4) is 5.75 Å². The molecule has 1 heterocycles. The molecule has 0 radical (unpaired) electrons. The number of para-hydroxylation sites is 2. The second-order valence-electron chi connectivity index (χ2n) is 5.18. The maximum atomic E-state index is 9.64. The van der Waals surface area contributed by atoms with Crippen molar-refractivity contribution in [1.29, 1.82) is 0 Å². The lowest BCUT2D eigenvalue weighted by molar-refractivity contribution is 0.154. The number of hydrogen-bond donors (Lipinski definition) is 1. The minimum Gasteiger partial charge on any atom is -0.492 e. The summed E-state index contributed by atoms with van der Waals surface area (Å²) in [6.07, 6.45) is 0. The van der Waals surface area contributed by atoms with E-state index in [0.717, 1.165) is 24.5 Å². The third-order valence-electron chi connectivity index (χ3n) is 3.84. The predicted molar refractivity (Wildman–Crippen MR) is 77.9 cm³/mol. The standard InChI is InChI=1S/C15H24N2O2/c1-4-19-15-8-6-5-7-14(15)17-9-12(2)16(3)10-13(17)11-18/h5-8,12-13,18H,4,9-11H2,1-3H3. The first kappa shape index (κ1) is 14.2. The zero-order valence-corrected chi connectivity index (χ0v) is 12.0. The number of aliphatic hydroxyl groups is 1. The Morgan fingerprint density at radius 1 is 1.32 bits per heavy atom. The van der Waals surface area contributed by atoms with Crippen molar-refractivity contribution in [2.24, 2.45) is 0 Å². The van der Waals surface area contributed by atoms with Crippen LogP contribution in [-0.2, 0) is 0 Å². The number of piperazine rings is 1. The quantitative estimate of drug-likeness (QED) is 0.896. The molecule has 4 heteroatoms. The van der Waals surface area contributed by atoms with Crippen molar-refractivity contribution in [2.45, 2.75) is 25.9 Å². The van der Waals surface area contributed by atoms with Crippen LogP contribution in [-0.4, -0.2) is 55.4 Å². The summed E-state index contributed by atoms with van der Waals surface area (Å²) in [5.74, 6) is 0.903. The van der Waals surface area contributed by atoms with Crippen LogP contribution in [0.2, 0.25) is 0 Å². The zero-order valence-electron chi connectivity index (χ0n) is 12.0. The van der Waals surface area contributed by atoms with E-state index in [0.29, 0.717) is 12.6 Å². The Morgan fingerprint density at radius 2 is 2.05 bits per heavy atom. The highest BCUT2D eigenvalue weighted by Gasteiger charge is 2.30. The topological polar surface area (TPSA) is 35.9 Å². The number of ether oxygens (including phenoxy) is 1. The van der Waals surface area contributed by atoms with Crippen molar-refractivity contribution in [3.63, 3.8) is 0 Å². The molecule has 1 N–H and O–H groups in total. The molecule has 0 amide bonds. The van der Waals surface area contributed by atoms with Crippen LogP contribution in [0.4, 0.5) is 5.69 Å². The normalized spacial score (nSPS) is 24.5. The third kappa shape index (κ3) is 3.01. The monoisotopic (exact) mass is 264 g/mol. The Bertz CT molecular complexity index is 411. The Balaban J connectivity index is 2.28. The number of rotatable bonds is 4. The van der Waals surface area contributed by atoms with Gasteiger partial charge in [-0.25, -0.2) is 0 Å². The molecular formula is C15H24N2O2. The Kier molecular flexibility index (Phi) is 4.66. The number of nitrogens with zero attached hydrogens (tertiary/aromatic N) is 2. The highest BCUT2D eigenvalue weighted by Crippen LogP contribution is 2.31. The van der Waals surface area contributed by atoms with Gasteiger partial charge >= 0.3 is 0 Å². The molecule has 0 bridgehead atoms. The van der Waals surface area contributed by atoms with Crippen LogP contribution in [0.3, 0.4) is 0 Å². The molecule has 2 unspecified atom stereocenters. The molecule has 106 valence electrons. The summed E-state index contributed by atoms with van der Waals surface area (Å²) < 4.78 is 5.71. The van der Waals surface area contributed by atoms with Crippen molar-refractivity contribution in [2.75, 3.05) is 38.3 Å². The van der Waals surface area contributed by atoms with Crippen molar-refractivity contribution >= 4 is 5.69 Å². The smallest absolute Gasteiger partial charge is 0.142 e. The maximum Gasteiger partial charge on any atom is 0.142 e. The Labute approximate surface area is 115 Å². The van der Waals surface area contributed by atoms with E-state index in [9.17, 15) is 5.11 Å². The molecule has 1 fully saturated rings. The van der Waals surface area contributed by atoms with E-state index in [1.54, 1.807) is 0 Å². The number of benzene rings is 1. The van der Waals surface area contributed by atoms with Crippen LogP contribution in [0.25, 0.3) is 0 Å². The maximum absolute atomic E-state index is 9.64. The highest BCUT2D eigenvalue weighted by molar-refractivity contribution is 5.59. The molecule has 1 aromatic carbocycles. The minimum absolute atomic E-state index is 0.128. The van der Waals surface area contributed by atoms with Gasteiger partial charge in [0.15, 0.2) is 0 Å². The fourth-order valence-electron chi connectivity index (χ4n) is 2.61. The van der Waals surface area contributed by atoms with E-state index < -0.39 is 0 Å². The van der Waals surface area contributed by atoms with Gasteiger partial charge in [-0.1, -0.05) is 12.1 Å². The van der Waals surface area contributed by atoms with Gasteiger partial charge in [-0.15, -0.1) is 0 Å². The van der Waals surface area contributed by atoms with Crippen molar-refractivity contribution < 1.29 is 9.84 Å². The fraction of sp³-hybridized carbons (Fsp3) is 0.600. The first-order valence-electron chi connectivity index (χ1n) is 6.97. The van der Waals surface area contributed by atoms with Crippen LogP contribution in [0.1, 0.15) is 13.8 Å². The predicted octanol–water partition coefficient (Wildman–Crippen LogP) is 1.59. The summed E-state index contributed by atoms with van der Waals surface area (Å²) in [5.41, 5.74) is 1.09. The third-order valence-corrected chi connectivity index (χ3v) is 3.84. The molecule has 2 atom stereocenters. The van der Waals surface area contributed by atoms with Gasteiger partial charge in [-0.05, 0) is 33.0 Å². The van der Waals surface area contributed by atoms with E-state index >= 15 is 0 Å². The highest BCUT2D eigenvalue weighted by atomic mass is 16.5. The average molecular weight is 264 g/mol. The molecule has 4 nitrogen and oxygen atoms in total. The summed E-state index contributed by atoms with van der Waals surface area (Å²) in [5, 5.41) is 9.64. The van der Waals surface area contributed by atoms with E-state index in [4.69, 9.17) is 4.74 Å². The second kappa shape index (κ2) is 6.26. The Morgan fingerprint density at radius 3 is 2.74 bits per heavy atom. The minimum atomic E-state index is 0.128. The van der Waals surface area contributed by atoms with E-state index in [2.05, 4.69) is 29.8 Å². The molecule has 0 saturated carbocycles. The molecule has 1 aliphatic heterocycles. The molecule has 0 spiro atoms. The average Bonchev–Trinajstić information content (AvgIpc) is 2.42. The lowest BCUT2D eigenvalue weighted by Crippen LogP contribution is -2.57. The molecule has 1 saturated heterocycles. The largest absolute Gasteiger partial charge is 0.492 e. The van der Waals surface area contributed by atoms with E-state index in [1.807, 2.05) is 25.1 Å². The Hall–Kier alpha value is -1.26. The van der Waals surface area contributed by atoms with Crippen LogP contribution in [0, 0.1) is 0 Å². The molecule has 1 aromatic rings. The molecule has 19 heavy (non-hydrogen) atoms. The summed E-state index contributed by atoms with van der Waals surface area (Å²) in [6, 6.07) is 8.68. The van der Waals surface area contributed by atoms with Crippen LogP contribution in [0.15, 0.2) is 24.3 Å². The van der Waals surface area contributed by atoms with Gasteiger partial charge in [-0.3, -0.25) is 4.90 Å². The van der Waals surface area contributed by atoms with Gasteiger partial charge in [-0.2, -0.15) is 0 Å². The lowest BCUT2D eigenvalue weighted by Gasteiger charge is -2.44.